The predicted molar refractivity (Wildman–Crippen MR) is 57.3 cm³/mol. The van der Waals surface area contributed by atoms with E-state index in [0.717, 1.165) is 25.5 Å². The molecule has 0 radical (unpaired) electrons. The van der Waals surface area contributed by atoms with Crippen LogP contribution in [0, 0.1) is 0 Å². The van der Waals surface area contributed by atoms with Crippen molar-refractivity contribution in [1.29, 1.82) is 0 Å². The summed E-state index contributed by atoms with van der Waals surface area (Å²) in [5.74, 6) is 0. The van der Waals surface area contributed by atoms with Crippen molar-refractivity contribution < 1.29 is 4.79 Å². The minimum atomic E-state index is -0.279. The second-order valence-electron chi connectivity index (χ2n) is 3.92. The zero-order chi connectivity index (χ0) is 10.0. The van der Waals surface area contributed by atoms with Crippen molar-refractivity contribution in [3.8, 4) is 0 Å². The first kappa shape index (κ1) is 9.20. The minimum Gasteiger partial charge on any atom is -0.302 e. The number of carbonyl (C=O) groups is 1. The molecule has 0 amide bonds. The van der Waals surface area contributed by atoms with Crippen molar-refractivity contribution in [1.82, 2.24) is 0 Å². The molecular formula is C13H14O. The number of hydrogen-bond acceptors (Lipinski definition) is 1. The van der Waals surface area contributed by atoms with Crippen LogP contribution in [0.25, 0.3) is 0 Å². The molecule has 0 fully saturated rings. The third-order valence-corrected chi connectivity index (χ3v) is 3.13. The lowest BCUT2D eigenvalue weighted by Gasteiger charge is -2.21. The van der Waals surface area contributed by atoms with Gasteiger partial charge in [-0.15, -0.1) is 6.58 Å². The third kappa shape index (κ3) is 1.20. The molecule has 0 saturated heterocycles. The van der Waals surface area contributed by atoms with E-state index in [-0.39, 0.29) is 5.41 Å². The van der Waals surface area contributed by atoms with Crippen LogP contribution in [0.15, 0.2) is 36.9 Å². The molecule has 1 aliphatic carbocycles. The van der Waals surface area contributed by atoms with E-state index in [4.69, 9.17) is 0 Å². The molecule has 0 bridgehead atoms. The number of allylic oxidation sites excluding steroid dienone is 1. The van der Waals surface area contributed by atoms with Gasteiger partial charge in [-0.25, -0.2) is 0 Å². The van der Waals surface area contributed by atoms with Crippen LogP contribution in [0.1, 0.15) is 24.0 Å². The van der Waals surface area contributed by atoms with Crippen molar-refractivity contribution in [2.45, 2.75) is 24.7 Å². The lowest BCUT2D eigenvalue weighted by Crippen LogP contribution is -2.23. The summed E-state index contributed by atoms with van der Waals surface area (Å²) in [6.07, 6.45) is 5.65. The Bertz CT molecular complexity index is 367. The zero-order valence-electron chi connectivity index (χ0n) is 8.20. The fraction of sp³-hybridized carbons (Fsp3) is 0.308. The third-order valence-electron chi connectivity index (χ3n) is 3.13. The van der Waals surface area contributed by atoms with Crippen LogP contribution in [0.5, 0.6) is 0 Å². The maximum absolute atomic E-state index is 11.2. The van der Waals surface area contributed by atoms with Gasteiger partial charge in [-0.1, -0.05) is 30.3 Å². The Morgan fingerprint density at radius 2 is 2.21 bits per heavy atom. The van der Waals surface area contributed by atoms with Crippen molar-refractivity contribution in [3.05, 3.63) is 48.0 Å². The average Bonchev–Trinajstić information content (AvgIpc) is 2.59. The fourth-order valence-electron chi connectivity index (χ4n) is 2.36. The van der Waals surface area contributed by atoms with Crippen molar-refractivity contribution in [3.63, 3.8) is 0 Å². The molecule has 72 valence electrons. The molecule has 0 aliphatic heterocycles. The van der Waals surface area contributed by atoms with E-state index >= 15 is 0 Å². The predicted octanol–water partition coefficient (Wildman–Crippen LogP) is 2.65. The smallest absolute Gasteiger partial charge is 0.130 e. The summed E-state index contributed by atoms with van der Waals surface area (Å²) in [5, 5.41) is 0. The molecule has 0 spiro atoms. The molecule has 14 heavy (non-hydrogen) atoms. The Morgan fingerprint density at radius 1 is 1.43 bits per heavy atom. The fourth-order valence-corrected chi connectivity index (χ4v) is 2.36. The molecule has 1 heteroatoms. The first-order chi connectivity index (χ1) is 6.82. The molecule has 1 nitrogen and oxygen atoms in total. The number of aldehydes is 1. The standard InChI is InChI=1S/C13H14O/c1-2-8-13(10-14)9-7-11-5-3-4-6-12(11)13/h2-6,10H,1,7-9H2/t13-/m0/s1. The van der Waals surface area contributed by atoms with E-state index in [2.05, 4.69) is 18.7 Å². The van der Waals surface area contributed by atoms with Gasteiger partial charge in [0.2, 0.25) is 0 Å². The summed E-state index contributed by atoms with van der Waals surface area (Å²) in [6.45, 7) is 3.73. The van der Waals surface area contributed by atoms with Gasteiger partial charge < -0.3 is 4.79 Å². The van der Waals surface area contributed by atoms with Gasteiger partial charge in [0.05, 0.1) is 5.41 Å². The lowest BCUT2D eigenvalue weighted by molar-refractivity contribution is -0.112. The van der Waals surface area contributed by atoms with Gasteiger partial charge in [0.1, 0.15) is 6.29 Å². The molecule has 0 unspecified atom stereocenters. The van der Waals surface area contributed by atoms with Crippen molar-refractivity contribution >= 4 is 6.29 Å². The largest absolute Gasteiger partial charge is 0.302 e. The SMILES string of the molecule is C=CC[C@@]1(C=O)CCc2ccccc21. The van der Waals surface area contributed by atoms with E-state index in [0.29, 0.717) is 0 Å². The second-order valence-corrected chi connectivity index (χ2v) is 3.92. The van der Waals surface area contributed by atoms with Crippen LogP contribution in [0.4, 0.5) is 0 Å². The molecule has 1 aliphatic rings. The summed E-state index contributed by atoms with van der Waals surface area (Å²) < 4.78 is 0. The van der Waals surface area contributed by atoms with E-state index in [9.17, 15) is 4.79 Å². The van der Waals surface area contributed by atoms with Crippen LogP contribution in [0.2, 0.25) is 0 Å². The molecule has 0 heterocycles. The maximum atomic E-state index is 11.2. The molecule has 0 saturated carbocycles. The molecule has 0 N–H and O–H groups in total. The van der Waals surface area contributed by atoms with Gasteiger partial charge >= 0.3 is 0 Å². The van der Waals surface area contributed by atoms with Crippen LogP contribution in [-0.4, -0.2) is 6.29 Å². The summed E-state index contributed by atoms with van der Waals surface area (Å²) >= 11 is 0. The van der Waals surface area contributed by atoms with Crippen LogP contribution < -0.4 is 0 Å². The molecular weight excluding hydrogens is 172 g/mol. The highest BCUT2D eigenvalue weighted by atomic mass is 16.1. The number of benzene rings is 1. The van der Waals surface area contributed by atoms with Gasteiger partial charge in [0.15, 0.2) is 0 Å². The monoisotopic (exact) mass is 186 g/mol. The Hall–Kier alpha value is -1.37. The van der Waals surface area contributed by atoms with Gasteiger partial charge in [-0.3, -0.25) is 0 Å². The Morgan fingerprint density at radius 3 is 2.93 bits per heavy atom. The van der Waals surface area contributed by atoms with Crippen molar-refractivity contribution in [2.24, 2.45) is 0 Å². The first-order valence-corrected chi connectivity index (χ1v) is 4.98. The number of rotatable bonds is 3. The molecule has 0 aromatic heterocycles. The van der Waals surface area contributed by atoms with Gasteiger partial charge in [0.25, 0.3) is 0 Å². The highest BCUT2D eigenvalue weighted by Crippen LogP contribution is 2.39. The molecule has 1 aromatic rings. The maximum Gasteiger partial charge on any atom is 0.130 e. The Balaban J connectivity index is 2.49. The summed E-state index contributed by atoms with van der Waals surface area (Å²) in [7, 11) is 0. The van der Waals surface area contributed by atoms with E-state index in [1.165, 1.54) is 11.1 Å². The highest BCUT2D eigenvalue weighted by Gasteiger charge is 2.36. The number of aryl methyl sites for hydroxylation is 1. The van der Waals surface area contributed by atoms with Gasteiger partial charge in [-0.05, 0) is 30.4 Å². The first-order valence-electron chi connectivity index (χ1n) is 4.98. The van der Waals surface area contributed by atoms with E-state index in [1.807, 2.05) is 18.2 Å². The van der Waals surface area contributed by atoms with Gasteiger partial charge in [0, 0.05) is 0 Å². The highest BCUT2D eigenvalue weighted by molar-refractivity contribution is 5.72. The van der Waals surface area contributed by atoms with E-state index in [1.54, 1.807) is 0 Å². The molecule has 1 aromatic carbocycles. The summed E-state index contributed by atoms with van der Waals surface area (Å²) in [4.78, 5) is 11.2. The van der Waals surface area contributed by atoms with Crippen LogP contribution >= 0.6 is 0 Å². The minimum absolute atomic E-state index is 0.279. The number of hydrogen-bond donors (Lipinski definition) is 0. The molecule has 1 atom stereocenters. The normalized spacial score (nSPS) is 24.3. The number of carbonyl (C=O) groups excluding carboxylic acids is 1. The Kier molecular flexibility index (Phi) is 2.24. The van der Waals surface area contributed by atoms with Gasteiger partial charge in [-0.2, -0.15) is 0 Å². The van der Waals surface area contributed by atoms with Crippen molar-refractivity contribution in [2.75, 3.05) is 0 Å². The lowest BCUT2D eigenvalue weighted by atomic mass is 9.80. The quantitative estimate of drug-likeness (QED) is 0.524. The summed E-state index contributed by atoms with van der Waals surface area (Å²) in [5.41, 5.74) is 2.24. The topological polar surface area (TPSA) is 17.1 Å². The second kappa shape index (κ2) is 3.41. The molecule has 2 rings (SSSR count). The van der Waals surface area contributed by atoms with Crippen LogP contribution in [-0.2, 0) is 16.6 Å². The van der Waals surface area contributed by atoms with Crippen LogP contribution in [0.3, 0.4) is 0 Å². The average molecular weight is 186 g/mol. The zero-order valence-corrected chi connectivity index (χ0v) is 8.20. The Labute approximate surface area is 84.5 Å². The number of fused-ring (bicyclic) bond motifs is 1. The summed E-state index contributed by atoms with van der Waals surface area (Å²) in [6, 6.07) is 8.23. The van der Waals surface area contributed by atoms with E-state index < -0.39 is 0 Å².